The van der Waals surface area contributed by atoms with Gasteiger partial charge in [0, 0.05) is 25.2 Å². The molecule has 1 saturated carbocycles. The molecular weight excluding hydrogens is 292 g/mol. The van der Waals surface area contributed by atoms with E-state index >= 15 is 0 Å². The lowest BCUT2D eigenvalue weighted by Crippen LogP contribution is -2.35. The summed E-state index contributed by atoms with van der Waals surface area (Å²) in [5, 5.41) is 9.58. The number of halogens is 2. The Morgan fingerprint density at radius 1 is 1.45 bits per heavy atom. The fourth-order valence-corrected chi connectivity index (χ4v) is 3.95. The summed E-state index contributed by atoms with van der Waals surface area (Å²) in [6.07, 6.45) is 2.59. The minimum Gasteiger partial charge on any atom is -0.481 e. The Bertz CT molecular complexity index is 566. The topological polar surface area (TPSA) is 49.8 Å². The lowest BCUT2D eigenvalue weighted by Gasteiger charge is -2.23. The first-order valence-electron chi connectivity index (χ1n) is 7.50. The zero-order valence-corrected chi connectivity index (χ0v) is 12.2. The lowest BCUT2D eigenvalue weighted by atomic mass is 9.81. The number of likely N-dealkylation sites (tertiary alicyclic amines) is 1. The summed E-state index contributed by atoms with van der Waals surface area (Å²) < 4.78 is 29.5. The third-order valence-electron chi connectivity index (χ3n) is 4.95. The van der Waals surface area contributed by atoms with Crippen molar-refractivity contribution in [2.75, 3.05) is 13.1 Å². The largest absolute Gasteiger partial charge is 0.481 e. The normalized spacial score (nSPS) is 28.0. The summed E-state index contributed by atoms with van der Waals surface area (Å²) in [5.41, 5.74) is 0.0155. The van der Waals surface area contributed by atoms with E-state index in [0.717, 1.165) is 12.8 Å². The molecule has 2 aliphatic rings. The van der Waals surface area contributed by atoms with Gasteiger partial charge in [0.2, 0.25) is 0 Å². The van der Waals surface area contributed by atoms with Crippen LogP contribution in [0.4, 0.5) is 8.78 Å². The zero-order chi connectivity index (χ0) is 15.7. The van der Waals surface area contributed by atoms with Gasteiger partial charge in [0.1, 0.15) is 5.75 Å². The molecular formula is C16H19F2NO3. The highest BCUT2D eigenvalue weighted by Gasteiger charge is 2.54. The van der Waals surface area contributed by atoms with Crippen LogP contribution in [-0.4, -0.2) is 35.7 Å². The first-order chi connectivity index (χ1) is 10.5. The van der Waals surface area contributed by atoms with Crippen LogP contribution in [0.15, 0.2) is 24.3 Å². The van der Waals surface area contributed by atoms with Crippen molar-refractivity contribution in [3.8, 4) is 5.75 Å². The molecule has 1 heterocycles. The molecule has 0 aromatic heterocycles. The molecule has 0 bridgehead atoms. The third kappa shape index (κ3) is 2.67. The average Bonchev–Trinajstić information content (AvgIpc) is 2.98. The molecule has 1 aliphatic heterocycles. The maximum Gasteiger partial charge on any atom is 0.387 e. The van der Waals surface area contributed by atoms with Crippen LogP contribution in [0, 0.1) is 11.3 Å². The van der Waals surface area contributed by atoms with Crippen LogP contribution in [-0.2, 0) is 11.3 Å². The van der Waals surface area contributed by atoms with E-state index in [0.29, 0.717) is 31.6 Å². The maximum absolute atomic E-state index is 12.5. The third-order valence-corrected chi connectivity index (χ3v) is 4.95. The Hall–Kier alpha value is -1.69. The molecule has 0 unspecified atom stereocenters. The number of aliphatic carboxylic acids is 1. The second-order valence-corrected chi connectivity index (χ2v) is 6.21. The van der Waals surface area contributed by atoms with E-state index < -0.39 is 18.0 Å². The molecule has 22 heavy (non-hydrogen) atoms. The summed E-state index contributed by atoms with van der Waals surface area (Å²) >= 11 is 0. The minimum absolute atomic E-state index is 0.160. The Morgan fingerprint density at radius 2 is 2.23 bits per heavy atom. The number of para-hydroxylation sites is 1. The van der Waals surface area contributed by atoms with E-state index in [2.05, 4.69) is 4.74 Å². The molecule has 0 radical (unpaired) electrons. The number of benzene rings is 1. The second kappa shape index (κ2) is 5.83. The summed E-state index contributed by atoms with van der Waals surface area (Å²) in [5.74, 6) is -0.401. The van der Waals surface area contributed by atoms with Gasteiger partial charge in [0.25, 0.3) is 0 Å². The van der Waals surface area contributed by atoms with Gasteiger partial charge < -0.3 is 9.84 Å². The fourth-order valence-electron chi connectivity index (χ4n) is 3.95. The predicted molar refractivity (Wildman–Crippen MR) is 75.8 cm³/mol. The number of fused-ring (bicyclic) bond motifs is 1. The summed E-state index contributed by atoms with van der Waals surface area (Å²) in [6, 6.07) is 6.70. The highest BCUT2D eigenvalue weighted by Crippen LogP contribution is 2.49. The predicted octanol–water partition coefficient (Wildman–Crippen LogP) is 2.97. The smallest absolute Gasteiger partial charge is 0.387 e. The molecule has 2 atom stereocenters. The van der Waals surface area contributed by atoms with Crippen molar-refractivity contribution >= 4 is 5.97 Å². The first kappa shape index (κ1) is 15.2. The van der Waals surface area contributed by atoms with E-state index in [9.17, 15) is 18.7 Å². The SMILES string of the molecule is O=C(O)[C@@]12CCC[C@H]1CN(Cc1ccccc1OC(F)F)C2. The van der Waals surface area contributed by atoms with Crippen molar-refractivity contribution in [3.63, 3.8) is 0 Å². The van der Waals surface area contributed by atoms with Gasteiger partial charge >= 0.3 is 12.6 Å². The van der Waals surface area contributed by atoms with Crippen molar-refractivity contribution in [2.45, 2.75) is 32.4 Å². The number of carbonyl (C=O) groups is 1. The van der Waals surface area contributed by atoms with E-state index in [1.807, 2.05) is 4.90 Å². The monoisotopic (exact) mass is 311 g/mol. The van der Waals surface area contributed by atoms with E-state index in [-0.39, 0.29) is 11.7 Å². The van der Waals surface area contributed by atoms with Crippen LogP contribution in [0.3, 0.4) is 0 Å². The Balaban J connectivity index is 1.74. The number of alkyl halides is 2. The van der Waals surface area contributed by atoms with Gasteiger partial charge in [0.15, 0.2) is 0 Å². The maximum atomic E-state index is 12.5. The van der Waals surface area contributed by atoms with Crippen LogP contribution < -0.4 is 4.74 Å². The van der Waals surface area contributed by atoms with Crippen molar-refractivity contribution in [1.29, 1.82) is 0 Å². The molecule has 1 saturated heterocycles. The Morgan fingerprint density at radius 3 is 2.91 bits per heavy atom. The standard InChI is InChI=1S/C16H19F2NO3/c17-15(18)22-13-6-2-1-4-11(13)8-19-9-12-5-3-7-16(12,10-19)14(20)21/h1-2,4,6,12,15H,3,5,7-10H2,(H,20,21)/t12-,16+/m0/s1. The molecule has 1 aromatic rings. The van der Waals surface area contributed by atoms with Crippen LogP contribution in [0.1, 0.15) is 24.8 Å². The van der Waals surface area contributed by atoms with Crippen LogP contribution >= 0.6 is 0 Å². The number of hydrogen-bond donors (Lipinski definition) is 1. The van der Waals surface area contributed by atoms with E-state index in [4.69, 9.17) is 0 Å². The van der Waals surface area contributed by atoms with Gasteiger partial charge in [-0.05, 0) is 24.8 Å². The average molecular weight is 311 g/mol. The lowest BCUT2D eigenvalue weighted by molar-refractivity contribution is -0.149. The summed E-state index contributed by atoms with van der Waals surface area (Å²) in [4.78, 5) is 13.7. The highest BCUT2D eigenvalue weighted by atomic mass is 19.3. The molecule has 6 heteroatoms. The van der Waals surface area contributed by atoms with Crippen LogP contribution in [0.25, 0.3) is 0 Å². The molecule has 2 fully saturated rings. The van der Waals surface area contributed by atoms with Gasteiger partial charge in [0.05, 0.1) is 5.41 Å². The highest BCUT2D eigenvalue weighted by molar-refractivity contribution is 5.76. The van der Waals surface area contributed by atoms with Crippen molar-refractivity contribution in [2.24, 2.45) is 11.3 Å². The molecule has 1 N–H and O–H groups in total. The van der Waals surface area contributed by atoms with Crippen molar-refractivity contribution in [3.05, 3.63) is 29.8 Å². The zero-order valence-electron chi connectivity index (χ0n) is 12.2. The number of carboxylic acid groups (broad SMARTS) is 1. The molecule has 4 nitrogen and oxygen atoms in total. The molecule has 1 aromatic carbocycles. The molecule has 3 rings (SSSR count). The van der Waals surface area contributed by atoms with Crippen LogP contribution in [0.5, 0.6) is 5.75 Å². The summed E-state index contributed by atoms with van der Waals surface area (Å²) in [7, 11) is 0. The number of carboxylic acids is 1. The number of ether oxygens (including phenoxy) is 1. The van der Waals surface area contributed by atoms with Crippen molar-refractivity contribution in [1.82, 2.24) is 4.90 Å². The van der Waals surface area contributed by atoms with Crippen molar-refractivity contribution < 1.29 is 23.4 Å². The van der Waals surface area contributed by atoms with Gasteiger partial charge in [-0.15, -0.1) is 0 Å². The fraction of sp³-hybridized carbons (Fsp3) is 0.562. The molecule has 1 aliphatic carbocycles. The molecule has 120 valence electrons. The number of hydrogen-bond acceptors (Lipinski definition) is 3. The van der Waals surface area contributed by atoms with E-state index in [1.165, 1.54) is 6.07 Å². The van der Waals surface area contributed by atoms with Gasteiger partial charge in [-0.2, -0.15) is 8.78 Å². The first-order valence-corrected chi connectivity index (χ1v) is 7.50. The number of nitrogens with zero attached hydrogens (tertiary/aromatic N) is 1. The number of rotatable bonds is 5. The van der Waals surface area contributed by atoms with Gasteiger partial charge in [-0.3, -0.25) is 9.69 Å². The Labute approximate surface area is 127 Å². The molecule has 0 spiro atoms. The van der Waals surface area contributed by atoms with Gasteiger partial charge in [-0.25, -0.2) is 0 Å². The Kier molecular flexibility index (Phi) is 4.04. The minimum atomic E-state index is -2.86. The van der Waals surface area contributed by atoms with E-state index in [1.54, 1.807) is 18.2 Å². The van der Waals surface area contributed by atoms with Crippen LogP contribution in [0.2, 0.25) is 0 Å². The second-order valence-electron chi connectivity index (χ2n) is 6.21. The molecule has 0 amide bonds. The summed E-state index contributed by atoms with van der Waals surface area (Å²) in [6.45, 7) is -1.23. The quantitative estimate of drug-likeness (QED) is 0.908. The van der Waals surface area contributed by atoms with Gasteiger partial charge in [-0.1, -0.05) is 24.6 Å².